The van der Waals surface area contributed by atoms with Crippen LogP contribution in [-0.2, 0) is 12.8 Å². The summed E-state index contributed by atoms with van der Waals surface area (Å²) in [4.78, 5) is 0. The Balaban J connectivity index is 1.77. The minimum Gasteiger partial charge on any atom is -0.497 e. The van der Waals surface area contributed by atoms with Crippen molar-refractivity contribution < 1.29 is 18.3 Å². The first kappa shape index (κ1) is 18.2. The first-order chi connectivity index (χ1) is 12.6. The number of alkyl halides is 2. The second-order valence-corrected chi connectivity index (χ2v) is 6.31. The Kier molecular flexibility index (Phi) is 5.72. The van der Waals surface area contributed by atoms with Gasteiger partial charge in [0.1, 0.15) is 11.5 Å². The number of methoxy groups -OCH3 is 1. The highest BCUT2D eigenvalue weighted by Gasteiger charge is 2.14. The minimum absolute atomic E-state index is 0.171. The van der Waals surface area contributed by atoms with Gasteiger partial charge in [-0.15, -0.1) is 10.2 Å². The van der Waals surface area contributed by atoms with Crippen molar-refractivity contribution >= 4 is 11.8 Å². The number of nitrogens with zero attached hydrogens (tertiary/aromatic N) is 3. The molecule has 0 spiro atoms. The molecule has 0 aliphatic heterocycles. The highest BCUT2D eigenvalue weighted by Crippen LogP contribution is 2.30. The Morgan fingerprint density at radius 2 is 1.92 bits per heavy atom. The molecular weight excluding hydrogens is 360 g/mol. The van der Waals surface area contributed by atoms with Crippen molar-refractivity contribution in [3.05, 3.63) is 54.1 Å². The van der Waals surface area contributed by atoms with Gasteiger partial charge < -0.3 is 14.0 Å². The number of halogens is 2. The number of thioether (sulfide) groups is 1. The second-order valence-electron chi connectivity index (χ2n) is 5.37. The third-order valence-electron chi connectivity index (χ3n) is 3.71. The Morgan fingerprint density at radius 1 is 1.12 bits per heavy atom. The zero-order valence-electron chi connectivity index (χ0n) is 14.2. The third kappa shape index (κ3) is 4.13. The summed E-state index contributed by atoms with van der Waals surface area (Å²) in [5.41, 5.74) is 1.55. The maximum atomic E-state index is 12.5. The molecule has 2 aromatic carbocycles. The van der Waals surface area contributed by atoms with Crippen LogP contribution in [0.25, 0.3) is 11.4 Å². The highest BCUT2D eigenvalue weighted by atomic mass is 32.2. The lowest BCUT2D eigenvalue weighted by atomic mass is 10.2. The molecule has 0 aliphatic carbocycles. The van der Waals surface area contributed by atoms with Crippen molar-refractivity contribution in [2.45, 2.75) is 17.5 Å². The number of benzene rings is 2. The number of aromatic nitrogens is 3. The van der Waals surface area contributed by atoms with Gasteiger partial charge in [-0.3, -0.25) is 0 Å². The Morgan fingerprint density at radius 3 is 2.69 bits per heavy atom. The van der Waals surface area contributed by atoms with E-state index in [4.69, 9.17) is 4.74 Å². The van der Waals surface area contributed by atoms with Crippen LogP contribution in [0.3, 0.4) is 0 Å². The van der Waals surface area contributed by atoms with Crippen LogP contribution in [0.5, 0.6) is 11.5 Å². The maximum Gasteiger partial charge on any atom is 0.387 e. The molecular formula is C18H17F2N3O2S. The summed E-state index contributed by atoms with van der Waals surface area (Å²) in [6.45, 7) is -2.85. The van der Waals surface area contributed by atoms with Gasteiger partial charge in [0.15, 0.2) is 11.0 Å². The molecule has 0 amide bonds. The topological polar surface area (TPSA) is 49.2 Å². The molecule has 3 rings (SSSR count). The summed E-state index contributed by atoms with van der Waals surface area (Å²) in [6.07, 6.45) is 0. The number of ether oxygens (including phenoxy) is 2. The van der Waals surface area contributed by atoms with Gasteiger partial charge in [-0.1, -0.05) is 42.1 Å². The van der Waals surface area contributed by atoms with E-state index in [1.807, 2.05) is 35.9 Å². The molecule has 26 heavy (non-hydrogen) atoms. The fourth-order valence-corrected chi connectivity index (χ4v) is 3.33. The number of hydrogen-bond donors (Lipinski definition) is 0. The second kappa shape index (κ2) is 8.18. The van der Waals surface area contributed by atoms with Crippen LogP contribution in [0.15, 0.2) is 53.7 Å². The van der Waals surface area contributed by atoms with Crippen molar-refractivity contribution in [2.75, 3.05) is 7.11 Å². The van der Waals surface area contributed by atoms with Gasteiger partial charge in [-0.05, 0) is 18.2 Å². The van der Waals surface area contributed by atoms with E-state index in [1.165, 1.54) is 17.8 Å². The lowest BCUT2D eigenvalue weighted by molar-refractivity contribution is -0.0503. The largest absolute Gasteiger partial charge is 0.497 e. The first-order valence-corrected chi connectivity index (χ1v) is 8.76. The molecule has 0 unspecified atom stereocenters. The van der Waals surface area contributed by atoms with Crippen LogP contribution in [0.4, 0.5) is 8.78 Å². The van der Waals surface area contributed by atoms with Crippen molar-refractivity contribution in [1.29, 1.82) is 0 Å². The molecule has 0 aliphatic rings. The van der Waals surface area contributed by atoms with Gasteiger partial charge in [0.25, 0.3) is 0 Å². The lowest BCUT2D eigenvalue weighted by Gasteiger charge is -2.10. The maximum absolute atomic E-state index is 12.5. The molecule has 5 nitrogen and oxygen atoms in total. The van der Waals surface area contributed by atoms with Crippen LogP contribution < -0.4 is 9.47 Å². The van der Waals surface area contributed by atoms with Gasteiger partial charge in [-0.25, -0.2) is 0 Å². The van der Waals surface area contributed by atoms with E-state index in [0.29, 0.717) is 22.3 Å². The van der Waals surface area contributed by atoms with Gasteiger partial charge in [0.2, 0.25) is 0 Å². The molecule has 0 saturated carbocycles. The molecule has 0 N–H and O–H groups in total. The zero-order chi connectivity index (χ0) is 18.5. The van der Waals surface area contributed by atoms with Crippen LogP contribution in [0.2, 0.25) is 0 Å². The van der Waals surface area contributed by atoms with E-state index in [-0.39, 0.29) is 5.75 Å². The van der Waals surface area contributed by atoms with Crippen LogP contribution in [0, 0.1) is 0 Å². The van der Waals surface area contributed by atoms with E-state index in [0.717, 1.165) is 11.3 Å². The third-order valence-corrected chi connectivity index (χ3v) is 4.78. The van der Waals surface area contributed by atoms with Crippen molar-refractivity contribution in [1.82, 2.24) is 14.8 Å². The van der Waals surface area contributed by atoms with Crippen molar-refractivity contribution in [2.24, 2.45) is 7.05 Å². The zero-order valence-corrected chi connectivity index (χ0v) is 15.0. The quantitative estimate of drug-likeness (QED) is 0.572. The number of hydrogen-bond acceptors (Lipinski definition) is 5. The molecule has 3 aromatic rings. The smallest absolute Gasteiger partial charge is 0.387 e. The molecule has 1 heterocycles. The predicted molar refractivity (Wildman–Crippen MR) is 95.6 cm³/mol. The lowest BCUT2D eigenvalue weighted by Crippen LogP contribution is -2.04. The predicted octanol–water partition coefficient (Wildman–Crippen LogP) is 4.38. The van der Waals surface area contributed by atoms with Crippen molar-refractivity contribution in [3.8, 4) is 22.9 Å². The molecule has 8 heteroatoms. The Hall–Kier alpha value is -2.61. The van der Waals surface area contributed by atoms with Gasteiger partial charge in [0.05, 0.1) is 7.11 Å². The molecule has 0 radical (unpaired) electrons. The highest BCUT2D eigenvalue weighted by molar-refractivity contribution is 7.98. The molecule has 0 bridgehead atoms. The minimum atomic E-state index is -2.85. The summed E-state index contributed by atoms with van der Waals surface area (Å²) < 4.78 is 36.7. The SMILES string of the molecule is COc1cccc(-c2nnc(SCc3ccccc3OC(F)F)n2C)c1. The summed E-state index contributed by atoms with van der Waals surface area (Å²) >= 11 is 1.40. The van der Waals surface area contributed by atoms with Crippen LogP contribution >= 0.6 is 11.8 Å². The average Bonchev–Trinajstić information content (AvgIpc) is 3.01. The van der Waals surface area contributed by atoms with Gasteiger partial charge in [-0.2, -0.15) is 8.78 Å². The molecule has 1 aromatic heterocycles. The van der Waals surface area contributed by atoms with E-state index < -0.39 is 6.61 Å². The van der Waals surface area contributed by atoms with Crippen LogP contribution in [-0.4, -0.2) is 28.5 Å². The number of rotatable bonds is 7. The van der Waals surface area contributed by atoms with Gasteiger partial charge in [0, 0.05) is 23.9 Å². The summed E-state index contributed by atoms with van der Waals surface area (Å²) in [5.74, 6) is 2.04. The Bertz CT molecular complexity index is 886. The monoisotopic (exact) mass is 377 g/mol. The van der Waals surface area contributed by atoms with E-state index >= 15 is 0 Å². The van der Waals surface area contributed by atoms with Crippen molar-refractivity contribution in [3.63, 3.8) is 0 Å². The first-order valence-electron chi connectivity index (χ1n) is 7.78. The van der Waals surface area contributed by atoms with Crippen LogP contribution in [0.1, 0.15) is 5.56 Å². The van der Waals surface area contributed by atoms with E-state index in [1.54, 1.807) is 25.3 Å². The summed E-state index contributed by atoms with van der Waals surface area (Å²) in [7, 11) is 3.47. The average molecular weight is 377 g/mol. The fraction of sp³-hybridized carbons (Fsp3) is 0.222. The summed E-state index contributed by atoms with van der Waals surface area (Å²) in [5, 5.41) is 9.10. The summed E-state index contributed by atoms with van der Waals surface area (Å²) in [6, 6.07) is 14.3. The van der Waals surface area contributed by atoms with E-state index in [2.05, 4.69) is 14.9 Å². The number of para-hydroxylation sites is 1. The molecule has 0 atom stereocenters. The normalized spacial score (nSPS) is 11.0. The molecule has 0 saturated heterocycles. The molecule has 0 fully saturated rings. The van der Waals surface area contributed by atoms with Gasteiger partial charge >= 0.3 is 6.61 Å². The van der Waals surface area contributed by atoms with E-state index in [9.17, 15) is 8.78 Å². The standard InChI is InChI=1S/C18H17F2N3O2S/c1-23-16(12-7-5-8-14(10-12)24-2)21-22-18(23)26-11-13-6-3-4-9-15(13)25-17(19)20/h3-10,17H,11H2,1-2H3. The fourth-order valence-electron chi connectivity index (χ4n) is 2.43. The molecule has 136 valence electrons. The Labute approximate surface area is 154 Å².